The number of amides is 2. The van der Waals surface area contributed by atoms with E-state index in [2.05, 4.69) is 0 Å². The molecule has 1 aromatic rings. The molecule has 20 heavy (non-hydrogen) atoms. The smallest absolute Gasteiger partial charge is 0.390 e. The molecule has 0 saturated heterocycles. The Kier molecular flexibility index (Phi) is 4.89. The number of nitrogens with one attached hydrogen (secondary N) is 2. The van der Waals surface area contributed by atoms with Crippen molar-refractivity contribution in [2.75, 3.05) is 11.9 Å². The monoisotopic (exact) mass is 294 g/mol. The van der Waals surface area contributed by atoms with Gasteiger partial charge in [-0.15, -0.1) is 0 Å². The van der Waals surface area contributed by atoms with E-state index >= 15 is 0 Å². The normalized spacial score (nSPS) is 11.0. The minimum Gasteiger partial charge on any atom is -0.478 e. The average Bonchev–Trinajstić information content (AvgIpc) is 2.30. The van der Waals surface area contributed by atoms with Gasteiger partial charge in [-0.3, -0.25) is 0 Å². The van der Waals surface area contributed by atoms with Gasteiger partial charge in [0.2, 0.25) is 0 Å². The van der Waals surface area contributed by atoms with Crippen LogP contribution in [0.2, 0.25) is 0 Å². The molecule has 5 nitrogen and oxygen atoms in total. The van der Waals surface area contributed by atoms with Crippen LogP contribution in [0, 0.1) is 5.82 Å². The van der Waals surface area contributed by atoms with Gasteiger partial charge in [0, 0.05) is 6.54 Å². The first-order valence-electron chi connectivity index (χ1n) is 5.33. The maximum atomic E-state index is 13.3. The fourth-order valence-electron chi connectivity index (χ4n) is 1.24. The van der Waals surface area contributed by atoms with Gasteiger partial charge in [0.05, 0.1) is 17.7 Å². The van der Waals surface area contributed by atoms with Crippen molar-refractivity contribution in [1.29, 1.82) is 0 Å². The number of rotatable bonds is 4. The zero-order chi connectivity index (χ0) is 15.3. The van der Waals surface area contributed by atoms with E-state index in [4.69, 9.17) is 5.11 Å². The maximum Gasteiger partial charge on any atom is 0.390 e. The topological polar surface area (TPSA) is 78.4 Å². The molecule has 9 heteroatoms. The Balaban J connectivity index is 2.62. The number of urea groups is 1. The summed E-state index contributed by atoms with van der Waals surface area (Å²) in [7, 11) is 0. The van der Waals surface area contributed by atoms with Gasteiger partial charge in [0.15, 0.2) is 0 Å². The summed E-state index contributed by atoms with van der Waals surface area (Å²) in [5.41, 5.74) is -0.702. The molecule has 0 spiro atoms. The molecule has 0 saturated carbocycles. The molecule has 1 rings (SSSR count). The fourth-order valence-corrected chi connectivity index (χ4v) is 1.24. The highest BCUT2D eigenvalue weighted by Gasteiger charge is 2.26. The van der Waals surface area contributed by atoms with Crippen molar-refractivity contribution in [1.82, 2.24) is 5.32 Å². The Morgan fingerprint density at radius 1 is 1.25 bits per heavy atom. The Labute approximate surface area is 110 Å². The Hall–Kier alpha value is -2.32. The molecule has 0 aliphatic carbocycles. The first-order chi connectivity index (χ1) is 9.19. The number of hydrogen-bond acceptors (Lipinski definition) is 2. The lowest BCUT2D eigenvalue weighted by atomic mass is 10.2. The Bertz CT molecular complexity index is 517. The molecule has 0 radical (unpaired) electrons. The van der Waals surface area contributed by atoms with Crippen molar-refractivity contribution in [3.8, 4) is 0 Å². The van der Waals surface area contributed by atoms with Crippen LogP contribution in [0.4, 0.5) is 28.0 Å². The van der Waals surface area contributed by atoms with Crippen LogP contribution in [-0.2, 0) is 0 Å². The molecule has 2 amide bonds. The van der Waals surface area contributed by atoms with Crippen LogP contribution < -0.4 is 10.6 Å². The zero-order valence-corrected chi connectivity index (χ0v) is 9.92. The van der Waals surface area contributed by atoms with E-state index in [0.717, 1.165) is 18.2 Å². The van der Waals surface area contributed by atoms with Crippen molar-refractivity contribution in [3.05, 3.63) is 29.6 Å². The standard InChI is InChI=1S/C11H10F4N2O3/c12-7-2-1-6(9(18)19)5-8(7)17-10(20)16-4-3-11(13,14)15/h1-2,5H,3-4H2,(H,18,19)(H2,16,17,20). The molecule has 0 heterocycles. The quantitative estimate of drug-likeness (QED) is 0.747. The average molecular weight is 294 g/mol. The first-order valence-corrected chi connectivity index (χ1v) is 5.33. The number of benzene rings is 1. The summed E-state index contributed by atoms with van der Waals surface area (Å²) in [5, 5.41) is 12.5. The van der Waals surface area contributed by atoms with Gasteiger partial charge in [0.1, 0.15) is 5.82 Å². The van der Waals surface area contributed by atoms with Crippen LogP contribution in [0.5, 0.6) is 0 Å². The van der Waals surface area contributed by atoms with Crippen molar-refractivity contribution in [2.45, 2.75) is 12.6 Å². The van der Waals surface area contributed by atoms with Crippen LogP contribution in [0.15, 0.2) is 18.2 Å². The fraction of sp³-hybridized carbons (Fsp3) is 0.273. The van der Waals surface area contributed by atoms with Gasteiger partial charge < -0.3 is 15.7 Å². The molecule has 0 aliphatic rings. The molecule has 0 atom stereocenters. The number of aromatic carboxylic acids is 1. The van der Waals surface area contributed by atoms with Gasteiger partial charge in [-0.05, 0) is 18.2 Å². The van der Waals surface area contributed by atoms with Crippen molar-refractivity contribution >= 4 is 17.7 Å². The largest absolute Gasteiger partial charge is 0.478 e. The first kappa shape index (κ1) is 15.7. The Morgan fingerprint density at radius 2 is 1.90 bits per heavy atom. The van der Waals surface area contributed by atoms with Crippen LogP contribution >= 0.6 is 0 Å². The van der Waals surface area contributed by atoms with Crippen LogP contribution in [0.3, 0.4) is 0 Å². The third-order valence-electron chi connectivity index (χ3n) is 2.16. The number of carboxylic acids is 1. The molecule has 0 unspecified atom stereocenters. The van der Waals surface area contributed by atoms with Crippen molar-refractivity contribution in [2.24, 2.45) is 0 Å². The van der Waals surface area contributed by atoms with E-state index in [-0.39, 0.29) is 5.56 Å². The van der Waals surface area contributed by atoms with E-state index in [1.165, 1.54) is 0 Å². The maximum absolute atomic E-state index is 13.3. The molecular formula is C11H10F4N2O3. The summed E-state index contributed by atoms with van der Waals surface area (Å²) in [6.07, 6.45) is -5.64. The third kappa shape index (κ3) is 5.12. The molecular weight excluding hydrogens is 284 g/mol. The minimum absolute atomic E-state index is 0.267. The number of carbonyl (C=O) groups excluding carboxylic acids is 1. The zero-order valence-electron chi connectivity index (χ0n) is 9.92. The molecule has 3 N–H and O–H groups in total. The van der Waals surface area contributed by atoms with Gasteiger partial charge in [-0.25, -0.2) is 14.0 Å². The number of anilines is 1. The van der Waals surface area contributed by atoms with Gasteiger partial charge in [-0.2, -0.15) is 13.2 Å². The van der Waals surface area contributed by atoms with Gasteiger partial charge in [0.25, 0.3) is 0 Å². The van der Waals surface area contributed by atoms with Crippen LogP contribution in [-0.4, -0.2) is 29.8 Å². The molecule has 110 valence electrons. The summed E-state index contributed by atoms with van der Waals surface area (Å²) in [5.74, 6) is -2.23. The van der Waals surface area contributed by atoms with Crippen LogP contribution in [0.1, 0.15) is 16.8 Å². The summed E-state index contributed by atoms with van der Waals surface area (Å²) < 4.78 is 48.8. The van der Waals surface area contributed by atoms with Crippen molar-refractivity contribution in [3.63, 3.8) is 0 Å². The predicted molar refractivity (Wildman–Crippen MR) is 61.1 cm³/mol. The van der Waals surface area contributed by atoms with E-state index in [1.807, 2.05) is 10.6 Å². The second-order valence-electron chi connectivity index (χ2n) is 3.75. The molecule has 1 aromatic carbocycles. The second-order valence-corrected chi connectivity index (χ2v) is 3.75. The lowest BCUT2D eigenvalue weighted by molar-refractivity contribution is -0.132. The number of hydrogen-bond donors (Lipinski definition) is 3. The SMILES string of the molecule is O=C(NCCC(F)(F)F)Nc1cc(C(=O)O)ccc1F. The Morgan fingerprint density at radius 3 is 2.45 bits per heavy atom. The molecule has 0 aromatic heterocycles. The highest BCUT2D eigenvalue weighted by atomic mass is 19.4. The number of halogens is 4. The van der Waals surface area contributed by atoms with Crippen molar-refractivity contribution < 1.29 is 32.3 Å². The number of carbonyl (C=O) groups is 2. The highest BCUT2D eigenvalue weighted by molar-refractivity contribution is 5.93. The summed E-state index contributed by atoms with van der Waals surface area (Å²) in [4.78, 5) is 21.9. The van der Waals surface area contributed by atoms with E-state index in [0.29, 0.717) is 0 Å². The predicted octanol–water partition coefficient (Wildman–Crippen LogP) is 2.60. The molecule has 0 fully saturated rings. The second kappa shape index (κ2) is 6.22. The highest BCUT2D eigenvalue weighted by Crippen LogP contribution is 2.18. The van der Waals surface area contributed by atoms with Gasteiger partial charge in [-0.1, -0.05) is 0 Å². The molecule has 0 aliphatic heterocycles. The summed E-state index contributed by atoms with van der Waals surface area (Å²) >= 11 is 0. The number of carboxylic acid groups (broad SMARTS) is 1. The van der Waals surface area contributed by atoms with Gasteiger partial charge >= 0.3 is 18.2 Å². The summed E-state index contributed by atoms with van der Waals surface area (Å²) in [6, 6.07) is 1.62. The van der Waals surface area contributed by atoms with Crippen LogP contribution in [0.25, 0.3) is 0 Å². The number of alkyl halides is 3. The lowest BCUT2D eigenvalue weighted by Crippen LogP contribution is -2.32. The van der Waals surface area contributed by atoms with E-state index in [9.17, 15) is 27.2 Å². The minimum atomic E-state index is -4.41. The van der Waals surface area contributed by atoms with E-state index in [1.54, 1.807) is 0 Å². The molecule has 0 bridgehead atoms. The third-order valence-corrected chi connectivity index (χ3v) is 2.16. The lowest BCUT2D eigenvalue weighted by Gasteiger charge is -2.10. The summed E-state index contributed by atoms with van der Waals surface area (Å²) in [6.45, 7) is -0.671. The van der Waals surface area contributed by atoms with E-state index < -0.39 is 42.6 Å².